The van der Waals surface area contributed by atoms with Crippen molar-refractivity contribution in [2.45, 2.75) is 29.8 Å². The Bertz CT molecular complexity index is 1040. The fourth-order valence-electron chi connectivity index (χ4n) is 2.95. The molecule has 0 atom stereocenters. The third kappa shape index (κ3) is 3.52. The summed E-state index contributed by atoms with van der Waals surface area (Å²) in [7, 11) is 0. The second-order valence-electron chi connectivity index (χ2n) is 6.45. The Labute approximate surface area is 165 Å². The molecule has 3 aromatic heterocycles. The number of thiazole rings is 1. The maximum Gasteiger partial charge on any atom is 0.192 e. The van der Waals surface area contributed by atoms with Crippen molar-refractivity contribution < 1.29 is 0 Å². The van der Waals surface area contributed by atoms with Crippen LogP contribution in [-0.4, -0.2) is 24.7 Å². The van der Waals surface area contributed by atoms with E-state index in [1.165, 1.54) is 18.4 Å². The highest BCUT2D eigenvalue weighted by Crippen LogP contribution is 2.41. The SMILES string of the molecule is c1ccc(-c2nc(CSc3nnc(-c4cccnc4)n3C3CC3)cs2)cc1. The first-order chi connectivity index (χ1) is 13.4. The second kappa shape index (κ2) is 7.25. The number of aromatic nitrogens is 5. The molecule has 3 heterocycles. The molecule has 134 valence electrons. The van der Waals surface area contributed by atoms with Gasteiger partial charge in [0.25, 0.3) is 0 Å². The fraction of sp³-hybridized carbons (Fsp3) is 0.200. The highest BCUT2D eigenvalue weighted by atomic mass is 32.2. The van der Waals surface area contributed by atoms with Crippen LogP contribution < -0.4 is 0 Å². The highest BCUT2D eigenvalue weighted by molar-refractivity contribution is 7.98. The summed E-state index contributed by atoms with van der Waals surface area (Å²) in [4.78, 5) is 9.00. The van der Waals surface area contributed by atoms with Gasteiger partial charge in [-0.15, -0.1) is 21.5 Å². The maximum absolute atomic E-state index is 4.78. The predicted molar refractivity (Wildman–Crippen MR) is 109 cm³/mol. The third-order valence-corrected chi connectivity index (χ3v) is 6.33. The lowest BCUT2D eigenvalue weighted by molar-refractivity contribution is 0.669. The number of hydrogen-bond acceptors (Lipinski definition) is 6. The van der Waals surface area contributed by atoms with Crippen LogP contribution in [0.5, 0.6) is 0 Å². The fourth-order valence-corrected chi connectivity index (χ4v) is 4.78. The molecule has 1 aliphatic carbocycles. The van der Waals surface area contributed by atoms with Gasteiger partial charge in [0.1, 0.15) is 5.01 Å². The Hall–Kier alpha value is -2.51. The summed E-state index contributed by atoms with van der Waals surface area (Å²) in [5.74, 6) is 1.71. The largest absolute Gasteiger partial charge is 0.299 e. The van der Waals surface area contributed by atoms with Gasteiger partial charge in [-0.05, 0) is 25.0 Å². The van der Waals surface area contributed by atoms with Gasteiger partial charge < -0.3 is 0 Å². The molecule has 0 saturated heterocycles. The molecule has 0 spiro atoms. The second-order valence-corrected chi connectivity index (χ2v) is 8.25. The Kier molecular flexibility index (Phi) is 4.47. The lowest BCUT2D eigenvalue weighted by Gasteiger charge is -2.08. The quantitative estimate of drug-likeness (QED) is 0.429. The molecule has 5 nitrogen and oxygen atoms in total. The van der Waals surface area contributed by atoms with Crippen LogP contribution in [-0.2, 0) is 5.75 Å². The first-order valence-corrected chi connectivity index (χ1v) is 10.7. The van der Waals surface area contributed by atoms with Crippen LogP contribution in [0.15, 0.2) is 65.4 Å². The molecule has 0 N–H and O–H groups in total. The van der Waals surface area contributed by atoms with Crippen molar-refractivity contribution >= 4 is 23.1 Å². The van der Waals surface area contributed by atoms with E-state index >= 15 is 0 Å². The van der Waals surface area contributed by atoms with E-state index in [-0.39, 0.29) is 0 Å². The molecule has 1 saturated carbocycles. The van der Waals surface area contributed by atoms with Crippen LogP contribution in [0.25, 0.3) is 22.0 Å². The molecular weight excluding hydrogens is 374 g/mol. The van der Waals surface area contributed by atoms with Crippen LogP contribution in [0.1, 0.15) is 24.6 Å². The van der Waals surface area contributed by atoms with Crippen molar-refractivity contribution in [3.05, 3.63) is 65.9 Å². The summed E-state index contributed by atoms with van der Waals surface area (Å²) in [6, 6.07) is 14.8. The average Bonchev–Trinajstić information content (AvgIpc) is 3.30. The number of pyridine rings is 1. The van der Waals surface area contributed by atoms with Gasteiger partial charge in [0.15, 0.2) is 11.0 Å². The van der Waals surface area contributed by atoms with Crippen molar-refractivity contribution in [1.82, 2.24) is 24.7 Å². The summed E-state index contributed by atoms with van der Waals surface area (Å²) in [6.07, 6.45) is 6.01. The highest BCUT2D eigenvalue weighted by Gasteiger charge is 2.30. The number of hydrogen-bond donors (Lipinski definition) is 0. The Morgan fingerprint density at radius 1 is 1.04 bits per heavy atom. The van der Waals surface area contributed by atoms with Crippen molar-refractivity contribution in [1.29, 1.82) is 0 Å². The molecule has 1 aromatic carbocycles. The molecule has 5 rings (SSSR count). The smallest absolute Gasteiger partial charge is 0.192 e. The summed E-state index contributed by atoms with van der Waals surface area (Å²) in [6.45, 7) is 0. The zero-order chi connectivity index (χ0) is 18.1. The third-order valence-electron chi connectivity index (χ3n) is 4.42. The lowest BCUT2D eigenvalue weighted by Crippen LogP contribution is -2.00. The summed E-state index contributed by atoms with van der Waals surface area (Å²) in [5, 5.41) is 13.1. The van der Waals surface area contributed by atoms with Crippen LogP contribution in [0.3, 0.4) is 0 Å². The van der Waals surface area contributed by atoms with Crippen molar-refractivity contribution in [2.75, 3.05) is 0 Å². The molecule has 0 radical (unpaired) electrons. The molecule has 27 heavy (non-hydrogen) atoms. The normalized spacial score (nSPS) is 13.8. The van der Waals surface area contributed by atoms with Crippen molar-refractivity contribution in [3.8, 4) is 22.0 Å². The van der Waals surface area contributed by atoms with Gasteiger partial charge in [-0.2, -0.15) is 0 Å². The molecule has 0 unspecified atom stereocenters. The van der Waals surface area contributed by atoms with Crippen LogP contribution in [0, 0.1) is 0 Å². The Morgan fingerprint density at radius 3 is 2.67 bits per heavy atom. The maximum atomic E-state index is 4.78. The minimum absolute atomic E-state index is 0.507. The minimum Gasteiger partial charge on any atom is -0.299 e. The lowest BCUT2D eigenvalue weighted by atomic mass is 10.2. The van der Waals surface area contributed by atoms with Crippen molar-refractivity contribution in [2.24, 2.45) is 0 Å². The van der Waals surface area contributed by atoms with Gasteiger partial charge in [-0.1, -0.05) is 42.1 Å². The topological polar surface area (TPSA) is 56.5 Å². The Balaban J connectivity index is 1.36. The number of benzene rings is 1. The monoisotopic (exact) mass is 391 g/mol. The van der Waals surface area contributed by atoms with Crippen LogP contribution in [0.4, 0.5) is 0 Å². The molecule has 0 aliphatic heterocycles. The van der Waals surface area contributed by atoms with E-state index in [1.54, 1.807) is 29.3 Å². The number of thioether (sulfide) groups is 1. The molecular formula is C20H17N5S2. The van der Waals surface area contributed by atoms with Gasteiger partial charge in [0.05, 0.1) is 5.69 Å². The van der Waals surface area contributed by atoms with E-state index in [4.69, 9.17) is 4.98 Å². The first kappa shape index (κ1) is 16.6. The zero-order valence-electron chi connectivity index (χ0n) is 14.5. The molecule has 1 aliphatic rings. The van der Waals surface area contributed by atoms with Gasteiger partial charge >= 0.3 is 0 Å². The molecule has 7 heteroatoms. The van der Waals surface area contributed by atoms with E-state index in [0.717, 1.165) is 33.0 Å². The summed E-state index contributed by atoms with van der Waals surface area (Å²) >= 11 is 3.39. The van der Waals surface area contributed by atoms with E-state index < -0.39 is 0 Å². The first-order valence-electron chi connectivity index (χ1n) is 8.86. The van der Waals surface area contributed by atoms with E-state index in [0.29, 0.717) is 6.04 Å². The van der Waals surface area contributed by atoms with Gasteiger partial charge in [0.2, 0.25) is 0 Å². The number of nitrogens with zero attached hydrogens (tertiary/aromatic N) is 5. The zero-order valence-corrected chi connectivity index (χ0v) is 16.2. The minimum atomic E-state index is 0.507. The molecule has 4 aromatic rings. The van der Waals surface area contributed by atoms with Crippen LogP contribution in [0.2, 0.25) is 0 Å². The van der Waals surface area contributed by atoms with Gasteiger partial charge in [-0.25, -0.2) is 4.98 Å². The predicted octanol–water partition coefficient (Wildman–Crippen LogP) is 5.09. The summed E-state index contributed by atoms with van der Waals surface area (Å²) in [5.41, 5.74) is 3.26. The molecule has 0 amide bonds. The van der Waals surface area contributed by atoms with Gasteiger partial charge in [-0.3, -0.25) is 9.55 Å². The van der Waals surface area contributed by atoms with E-state index in [2.05, 4.69) is 37.3 Å². The Morgan fingerprint density at radius 2 is 1.89 bits per heavy atom. The van der Waals surface area contributed by atoms with E-state index in [9.17, 15) is 0 Å². The van der Waals surface area contributed by atoms with Crippen molar-refractivity contribution in [3.63, 3.8) is 0 Å². The average molecular weight is 392 g/mol. The molecule has 0 bridgehead atoms. The summed E-state index contributed by atoms with van der Waals surface area (Å²) < 4.78 is 2.27. The number of rotatable bonds is 6. The van der Waals surface area contributed by atoms with E-state index in [1.807, 2.05) is 36.5 Å². The van der Waals surface area contributed by atoms with Crippen LogP contribution >= 0.6 is 23.1 Å². The van der Waals surface area contributed by atoms with Gasteiger partial charge in [0, 0.05) is 40.7 Å². The molecule has 1 fully saturated rings. The standard InChI is InChI=1S/C20H17N5S2/c1-2-5-14(6-3-1)19-22-16(12-26-19)13-27-20-24-23-18(25(20)17-8-9-17)15-7-4-10-21-11-15/h1-7,10-12,17H,8-9,13H2.